The maximum atomic E-state index is 12.5. The number of carbonyl (C=O) groups excluding carboxylic acids is 3. The largest absolute Gasteiger partial charge is 0.462 e. The van der Waals surface area contributed by atoms with E-state index in [1.54, 1.807) is 20.8 Å². The number of benzene rings is 1. The second kappa shape index (κ2) is 12.1. The van der Waals surface area contributed by atoms with E-state index in [1.165, 1.54) is 0 Å². The zero-order chi connectivity index (χ0) is 21.1. The topological polar surface area (TPSA) is 105 Å². The zero-order valence-electron chi connectivity index (χ0n) is 17.1. The van der Waals surface area contributed by atoms with E-state index in [0.29, 0.717) is 6.42 Å². The van der Waals surface area contributed by atoms with Gasteiger partial charge < -0.3 is 19.9 Å². The fraction of sp³-hybridized carbons (Fsp3) is 0.571. The Kier molecular flexibility index (Phi) is 10.2. The summed E-state index contributed by atoms with van der Waals surface area (Å²) in [7, 11) is 0. The van der Waals surface area contributed by atoms with Gasteiger partial charge in [0.05, 0.1) is 0 Å². The fourth-order valence-corrected chi connectivity index (χ4v) is 2.34. The minimum absolute atomic E-state index is 0.000365. The van der Waals surface area contributed by atoms with E-state index in [4.69, 9.17) is 19.9 Å². The molecule has 0 radical (unpaired) electrons. The Hall–Kier alpha value is -2.41. The van der Waals surface area contributed by atoms with Crippen molar-refractivity contribution >= 4 is 17.9 Å². The number of nitrogens with two attached hydrogens (primary N) is 1. The summed E-state index contributed by atoms with van der Waals surface area (Å²) in [6.07, 6.45) is -0.876. The van der Waals surface area contributed by atoms with Gasteiger partial charge in [-0.3, -0.25) is 9.59 Å². The van der Waals surface area contributed by atoms with Gasteiger partial charge in [-0.05, 0) is 24.8 Å². The summed E-state index contributed by atoms with van der Waals surface area (Å²) < 4.78 is 15.8. The van der Waals surface area contributed by atoms with E-state index < -0.39 is 30.2 Å². The molecule has 1 rings (SSSR count). The molecule has 0 aromatic heterocycles. The molecule has 7 nitrogen and oxygen atoms in total. The Morgan fingerprint density at radius 1 is 1.00 bits per heavy atom. The van der Waals surface area contributed by atoms with Gasteiger partial charge in [-0.25, -0.2) is 4.79 Å². The van der Waals surface area contributed by atoms with Gasteiger partial charge in [0, 0.05) is 12.8 Å². The molecule has 7 heteroatoms. The second-order valence-electron chi connectivity index (χ2n) is 7.07. The third-order valence-corrected chi connectivity index (χ3v) is 4.07. The first-order valence-electron chi connectivity index (χ1n) is 9.60. The van der Waals surface area contributed by atoms with Gasteiger partial charge in [0.25, 0.3) is 0 Å². The van der Waals surface area contributed by atoms with Crippen molar-refractivity contribution < 1.29 is 28.6 Å². The molecular formula is C21H31NO6. The Morgan fingerprint density at radius 3 is 2.21 bits per heavy atom. The summed E-state index contributed by atoms with van der Waals surface area (Å²) in [5, 5.41) is 0. The molecule has 2 N–H and O–H groups in total. The Balaban J connectivity index is 2.76. The zero-order valence-corrected chi connectivity index (χ0v) is 17.1. The molecule has 0 amide bonds. The summed E-state index contributed by atoms with van der Waals surface area (Å²) >= 11 is 0. The average molecular weight is 393 g/mol. The number of ether oxygens (including phenoxy) is 3. The molecule has 0 aliphatic rings. The predicted molar refractivity (Wildman–Crippen MR) is 104 cm³/mol. The number of hydrogen-bond acceptors (Lipinski definition) is 7. The number of carbonyl (C=O) groups is 3. The molecule has 0 aliphatic heterocycles. The van der Waals surface area contributed by atoms with Crippen LogP contribution < -0.4 is 5.73 Å². The van der Waals surface area contributed by atoms with Gasteiger partial charge in [0.2, 0.25) is 6.10 Å². The van der Waals surface area contributed by atoms with E-state index >= 15 is 0 Å². The van der Waals surface area contributed by atoms with Crippen LogP contribution in [0.5, 0.6) is 0 Å². The number of esters is 3. The van der Waals surface area contributed by atoms with Gasteiger partial charge in [0.1, 0.15) is 18.8 Å². The smallest absolute Gasteiger partial charge is 0.347 e. The average Bonchev–Trinajstić information content (AvgIpc) is 2.65. The standard InChI is InChI=1S/C21H31NO6/c1-5-9-18(23)27-15(4)12-17(28-21(25)19(22)14(2)3)20(24)26-13-16-10-7-6-8-11-16/h6-8,10-11,14-15,17,19H,5,9,12-13,22H2,1-4H3/t15?,17?,19-/m1/s1. The minimum atomic E-state index is -1.20. The molecule has 3 atom stereocenters. The van der Waals surface area contributed by atoms with Crippen LogP contribution in [0, 0.1) is 5.92 Å². The Labute approximate surface area is 166 Å². The molecule has 0 spiro atoms. The normalized spacial score (nSPS) is 14.1. The maximum Gasteiger partial charge on any atom is 0.347 e. The molecule has 0 aliphatic carbocycles. The molecule has 2 unspecified atom stereocenters. The maximum absolute atomic E-state index is 12.5. The Bertz CT molecular complexity index is 631. The van der Waals surface area contributed by atoms with Crippen LogP contribution in [0.15, 0.2) is 30.3 Å². The van der Waals surface area contributed by atoms with Gasteiger partial charge in [-0.15, -0.1) is 0 Å². The third kappa shape index (κ3) is 8.52. The minimum Gasteiger partial charge on any atom is -0.462 e. The molecule has 28 heavy (non-hydrogen) atoms. The van der Waals surface area contributed by atoms with Gasteiger partial charge in [-0.2, -0.15) is 0 Å². The van der Waals surface area contributed by atoms with Crippen molar-refractivity contribution in [3.8, 4) is 0 Å². The number of hydrogen-bond donors (Lipinski definition) is 1. The molecule has 0 fully saturated rings. The lowest BCUT2D eigenvalue weighted by Gasteiger charge is -2.23. The third-order valence-electron chi connectivity index (χ3n) is 4.07. The van der Waals surface area contributed by atoms with Crippen molar-refractivity contribution in [1.82, 2.24) is 0 Å². The van der Waals surface area contributed by atoms with Crippen molar-refractivity contribution in [3.63, 3.8) is 0 Å². The summed E-state index contributed by atoms with van der Waals surface area (Å²) in [5.41, 5.74) is 6.62. The van der Waals surface area contributed by atoms with Crippen LogP contribution in [0.1, 0.15) is 52.5 Å². The van der Waals surface area contributed by atoms with Crippen LogP contribution in [-0.2, 0) is 35.2 Å². The molecule has 156 valence electrons. The molecule has 1 aromatic carbocycles. The monoisotopic (exact) mass is 393 g/mol. The lowest BCUT2D eigenvalue weighted by atomic mass is 10.1. The van der Waals surface area contributed by atoms with Gasteiger partial charge >= 0.3 is 17.9 Å². The molecule has 0 saturated heterocycles. The van der Waals surface area contributed by atoms with E-state index in [0.717, 1.165) is 5.56 Å². The predicted octanol–water partition coefficient (Wildman–Crippen LogP) is 2.75. The lowest BCUT2D eigenvalue weighted by molar-refractivity contribution is -0.173. The Morgan fingerprint density at radius 2 is 1.64 bits per heavy atom. The molecule has 0 saturated carbocycles. The summed E-state index contributed by atoms with van der Waals surface area (Å²) in [6, 6.07) is 8.29. The summed E-state index contributed by atoms with van der Waals surface area (Å²) in [4.78, 5) is 36.4. The van der Waals surface area contributed by atoms with Crippen molar-refractivity contribution in [1.29, 1.82) is 0 Å². The van der Waals surface area contributed by atoms with E-state index in [-0.39, 0.29) is 31.3 Å². The van der Waals surface area contributed by atoms with Gasteiger partial charge in [0.15, 0.2) is 0 Å². The van der Waals surface area contributed by atoms with Crippen LogP contribution in [0.25, 0.3) is 0 Å². The van der Waals surface area contributed by atoms with E-state index in [1.807, 2.05) is 37.3 Å². The molecule has 0 heterocycles. The van der Waals surface area contributed by atoms with Crippen molar-refractivity contribution in [3.05, 3.63) is 35.9 Å². The lowest BCUT2D eigenvalue weighted by Crippen LogP contribution is -2.42. The number of rotatable bonds is 11. The highest BCUT2D eigenvalue weighted by atomic mass is 16.6. The van der Waals surface area contributed by atoms with Crippen LogP contribution in [0.4, 0.5) is 0 Å². The van der Waals surface area contributed by atoms with Crippen molar-refractivity contribution in [2.75, 3.05) is 0 Å². The van der Waals surface area contributed by atoms with Crippen LogP contribution in [-0.4, -0.2) is 36.2 Å². The van der Waals surface area contributed by atoms with E-state index in [2.05, 4.69) is 0 Å². The van der Waals surface area contributed by atoms with Crippen LogP contribution in [0.2, 0.25) is 0 Å². The SMILES string of the molecule is CCCC(=O)OC(C)CC(OC(=O)[C@H](N)C(C)C)C(=O)OCc1ccccc1. The fourth-order valence-electron chi connectivity index (χ4n) is 2.34. The van der Waals surface area contributed by atoms with Crippen molar-refractivity contribution in [2.45, 2.75) is 71.8 Å². The quantitative estimate of drug-likeness (QED) is 0.455. The van der Waals surface area contributed by atoms with Crippen LogP contribution >= 0.6 is 0 Å². The first kappa shape index (κ1) is 23.6. The van der Waals surface area contributed by atoms with Crippen LogP contribution in [0.3, 0.4) is 0 Å². The second-order valence-corrected chi connectivity index (χ2v) is 7.07. The van der Waals surface area contributed by atoms with E-state index in [9.17, 15) is 14.4 Å². The van der Waals surface area contributed by atoms with Crippen molar-refractivity contribution in [2.24, 2.45) is 11.7 Å². The first-order chi connectivity index (χ1) is 13.2. The highest BCUT2D eigenvalue weighted by molar-refractivity contribution is 5.82. The molecule has 0 bridgehead atoms. The highest BCUT2D eigenvalue weighted by Gasteiger charge is 2.31. The summed E-state index contributed by atoms with van der Waals surface area (Å²) in [6.45, 7) is 7.12. The first-order valence-corrected chi connectivity index (χ1v) is 9.60. The molecular weight excluding hydrogens is 362 g/mol. The molecule has 1 aromatic rings. The summed E-state index contributed by atoms with van der Waals surface area (Å²) in [5.74, 6) is -1.90. The van der Waals surface area contributed by atoms with Gasteiger partial charge in [-0.1, -0.05) is 51.1 Å². The highest BCUT2D eigenvalue weighted by Crippen LogP contribution is 2.13.